The zero-order valence-electron chi connectivity index (χ0n) is 10.7. The van der Waals surface area contributed by atoms with E-state index in [0.717, 1.165) is 12.0 Å². The minimum atomic E-state index is -0.544. The maximum absolute atomic E-state index is 11.7. The van der Waals surface area contributed by atoms with Crippen LogP contribution >= 0.6 is 0 Å². The van der Waals surface area contributed by atoms with Gasteiger partial charge in [-0.2, -0.15) is 0 Å². The first-order chi connectivity index (χ1) is 8.52. The van der Waals surface area contributed by atoms with Crippen molar-refractivity contribution in [1.82, 2.24) is 5.32 Å². The number of rotatable bonds is 5. The molecule has 0 saturated carbocycles. The third-order valence-corrected chi connectivity index (χ3v) is 2.24. The fraction of sp³-hybridized carbons (Fsp3) is 0.385. The van der Waals surface area contributed by atoms with Gasteiger partial charge in [-0.1, -0.05) is 6.92 Å². The monoisotopic (exact) mass is 250 g/mol. The quantitative estimate of drug-likeness (QED) is 0.609. The first-order valence-corrected chi connectivity index (χ1v) is 5.84. The number of nitrogens with one attached hydrogen (secondary N) is 1. The molecule has 0 aromatic heterocycles. The highest BCUT2D eigenvalue weighted by molar-refractivity contribution is 5.92. The summed E-state index contributed by atoms with van der Waals surface area (Å²) in [6, 6.07) is 4.95. The summed E-state index contributed by atoms with van der Waals surface area (Å²) in [5, 5.41) is 2.62. The zero-order chi connectivity index (χ0) is 13.5. The Morgan fingerprint density at radius 3 is 2.67 bits per heavy atom. The maximum atomic E-state index is 11.7. The number of nitrogens with two attached hydrogens (primary N) is 1. The van der Waals surface area contributed by atoms with Crippen LogP contribution in [-0.4, -0.2) is 25.0 Å². The Morgan fingerprint density at radius 2 is 2.06 bits per heavy atom. The van der Waals surface area contributed by atoms with E-state index < -0.39 is 5.97 Å². The summed E-state index contributed by atoms with van der Waals surface area (Å²) >= 11 is 0. The molecule has 0 aliphatic heterocycles. The largest absolute Gasteiger partial charge is 0.452 e. The molecular formula is C13H18N2O3. The van der Waals surface area contributed by atoms with Crippen LogP contribution in [0.2, 0.25) is 0 Å². The molecule has 0 aliphatic rings. The van der Waals surface area contributed by atoms with Crippen LogP contribution in [0, 0.1) is 6.92 Å². The number of nitrogen functional groups attached to an aromatic ring is 1. The fourth-order valence-electron chi connectivity index (χ4n) is 1.46. The summed E-state index contributed by atoms with van der Waals surface area (Å²) in [6.45, 7) is 4.09. The molecule has 1 aromatic rings. The molecule has 98 valence electrons. The van der Waals surface area contributed by atoms with Gasteiger partial charge in [0.15, 0.2) is 6.61 Å². The molecule has 0 aliphatic carbocycles. The van der Waals surface area contributed by atoms with Gasteiger partial charge < -0.3 is 15.8 Å². The van der Waals surface area contributed by atoms with Crippen LogP contribution in [-0.2, 0) is 9.53 Å². The van der Waals surface area contributed by atoms with E-state index in [2.05, 4.69) is 5.32 Å². The van der Waals surface area contributed by atoms with Gasteiger partial charge in [0.1, 0.15) is 0 Å². The first kappa shape index (κ1) is 14.0. The fourth-order valence-corrected chi connectivity index (χ4v) is 1.46. The molecule has 1 aromatic carbocycles. The van der Waals surface area contributed by atoms with Crippen LogP contribution in [0.5, 0.6) is 0 Å². The number of hydrogen-bond donors (Lipinski definition) is 2. The van der Waals surface area contributed by atoms with E-state index in [9.17, 15) is 9.59 Å². The molecule has 0 saturated heterocycles. The SMILES string of the molecule is CCCNC(=O)COC(=O)c1cc(C)cc(N)c1. The number of carbonyl (C=O) groups is 2. The highest BCUT2D eigenvalue weighted by Crippen LogP contribution is 2.12. The average molecular weight is 250 g/mol. The lowest BCUT2D eigenvalue weighted by Crippen LogP contribution is -2.29. The van der Waals surface area contributed by atoms with E-state index in [1.54, 1.807) is 12.1 Å². The molecule has 0 radical (unpaired) electrons. The molecule has 0 atom stereocenters. The number of hydrogen-bond acceptors (Lipinski definition) is 4. The summed E-state index contributed by atoms with van der Waals surface area (Å²) in [5.41, 5.74) is 7.36. The molecule has 18 heavy (non-hydrogen) atoms. The van der Waals surface area contributed by atoms with Crippen molar-refractivity contribution >= 4 is 17.6 Å². The van der Waals surface area contributed by atoms with Gasteiger partial charge in [-0.25, -0.2) is 4.79 Å². The molecule has 1 rings (SSSR count). The van der Waals surface area contributed by atoms with E-state index in [0.29, 0.717) is 17.8 Å². The van der Waals surface area contributed by atoms with Gasteiger partial charge in [-0.15, -0.1) is 0 Å². The second-order valence-corrected chi connectivity index (χ2v) is 4.06. The van der Waals surface area contributed by atoms with E-state index in [1.807, 2.05) is 13.8 Å². The predicted molar refractivity (Wildman–Crippen MR) is 69.2 cm³/mol. The highest BCUT2D eigenvalue weighted by Gasteiger charge is 2.10. The second kappa shape index (κ2) is 6.64. The van der Waals surface area contributed by atoms with E-state index in [-0.39, 0.29) is 12.5 Å². The molecule has 3 N–H and O–H groups in total. The normalized spacial score (nSPS) is 9.89. The number of amides is 1. The van der Waals surface area contributed by atoms with Crippen molar-refractivity contribution in [3.63, 3.8) is 0 Å². The smallest absolute Gasteiger partial charge is 0.338 e. The number of benzene rings is 1. The molecule has 1 amide bonds. The van der Waals surface area contributed by atoms with Crippen LogP contribution in [0.25, 0.3) is 0 Å². The van der Waals surface area contributed by atoms with Crippen molar-refractivity contribution in [3.05, 3.63) is 29.3 Å². The molecule has 0 bridgehead atoms. The van der Waals surface area contributed by atoms with E-state index in [1.165, 1.54) is 6.07 Å². The number of aryl methyl sites for hydroxylation is 1. The highest BCUT2D eigenvalue weighted by atomic mass is 16.5. The molecule has 0 spiro atoms. The van der Waals surface area contributed by atoms with Gasteiger partial charge in [-0.05, 0) is 37.1 Å². The number of ether oxygens (including phenoxy) is 1. The molecule has 5 nitrogen and oxygen atoms in total. The number of carbonyl (C=O) groups excluding carboxylic acids is 2. The third-order valence-electron chi connectivity index (χ3n) is 2.24. The van der Waals surface area contributed by atoms with Crippen molar-refractivity contribution in [1.29, 1.82) is 0 Å². The van der Waals surface area contributed by atoms with Crippen molar-refractivity contribution in [2.45, 2.75) is 20.3 Å². The van der Waals surface area contributed by atoms with Crippen LogP contribution in [0.4, 0.5) is 5.69 Å². The van der Waals surface area contributed by atoms with E-state index in [4.69, 9.17) is 10.5 Å². The van der Waals surface area contributed by atoms with Crippen LogP contribution < -0.4 is 11.1 Å². The third kappa shape index (κ3) is 4.45. The van der Waals surface area contributed by atoms with Crippen molar-refractivity contribution < 1.29 is 14.3 Å². The van der Waals surface area contributed by atoms with Crippen molar-refractivity contribution in [2.75, 3.05) is 18.9 Å². The summed E-state index contributed by atoms with van der Waals surface area (Å²) in [7, 11) is 0. The Balaban J connectivity index is 2.52. The van der Waals surface area contributed by atoms with Gasteiger partial charge in [-0.3, -0.25) is 4.79 Å². The second-order valence-electron chi connectivity index (χ2n) is 4.06. The van der Waals surface area contributed by atoms with Crippen molar-refractivity contribution in [3.8, 4) is 0 Å². The summed E-state index contributed by atoms with van der Waals surface area (Å²) < 4.78 is 4.89. The van der Waals surface area contributed by atoms with Gasteiger partial charge in [0.2, 0.25) is 0 Å². The number of anilines is 1. The Morgan fingerprint density at radius 1 is 1.33 bits per heavy atom. The zero-order valence-corrected chi connectivity index (χ0v) is 10.7. The lowest BCUT2D eigenvalue weighted by atomic mass is 10.1. The van der Waals surface area contributed by atoms with Gasteiger partial charge in [0.25, 0.3) is 5.91 Å². The maximum Gasteiger partial charge on any atom is 0.338 e. The minimum Gasteiger partial charge on any atom is -0.452 e. The Labute approximate surface area is 106 Å². The molecule has 0 fully saturated rings. The average Bonchev–Trinajstić information content (AvgIpc) is 2.32. The molecule has 0 unspecified atom stereocenters. The number of esters is 1. The summed E-state index contributed by atoms with van der Waals surface area (Å²) in [5.74, 6) is -0.845. The van der Waals surface area contributed by atoms with Gasteiger partial charge in [0, 0.05) is 12.2 Å². The van der Waals surface area contributed by atoms with E-state index >= 15 is 0 Å². The predicted octanol–water partition coefficient (Wildman–Crippen LogP) is 1.26. The lowest BCUT2D eigenvalue weighted by Gasteiger charge is -2.07. The molecular weight excluding hydrogens is 232 g/mol. The molecule has 5 heteroatoms. The standard InChI is InChI=1S/C13H18N2O3/c1-3-4-15-12(16)8-18-13(17)10-5-9(2)6-11(14)7-10/h5-7H,3-4,8,14H2,1-2H3,(H,15,16). The van der Waals surface area contributed by atoms with Crippen LogP contribution in [0.1, 0.15) is 29.3 Å². The summed E-state index contributed by atoms with van der Waals surface area (Å²) in [4.78, 5) is 22.9. The van der Waals surface area contributed by atoms with Crippen LogP contribution in [0.15, 0.2) is 18.2 Å². The topological polar surface area (TPSA) is 81.4 Å². The Kier molecular flexibility index (Phi) is 5.17. The van der Waals surface area contributed by atoms with Gasteiger partial charge >= 0.3 is 5.97 Å². The molecule has 0 heterocycles. The first-order valence-electron chi connectivity index (χ1n) is 5.84. The van der Waals surface area contributed by atoms with Gasteiger partial charge in [0.05, 0.1) is 5.56 Å². The Hall–Kier alpha value is -2.04. The Bertz CT molecular complexity index is 424. The lowest BCUT2D eigenvalue weighted by molar-refractivity contribution is -0.124. The van der Waals surface area contributed by atoms with Crippen LogP contribution in [0.3, 0.4) is 0 Å². The minimum absolute atomic E-state index is 0.271. The van der Waals surface area contributed by atoms with Crippen molar-refractivity contribution in [2.24, 2.45) is 0 Å². The summed E-state index contributed by atoms with van der Waals surface area (Å²) in [6.07, 6.45) is 0.841.